The van der Waals surface area contributed by atoms with E-state index in [1.54, 1.807) is 0 Å². The van der Waals surface area contributed by atoms with Crippen molar-refractivity contribution in [1.29, 1.82) is 0 Å². The molecular weight excluding hydrogens is 252 g/mol. The summed E-state index contributed by atoms with van der Waals surface area (Å²) in [6.45, 7) is 7.59. The Kier molecular flexibility index (Phi) is 5.65. The Bertz CT molecular complexity index is 428. The van der Waals surface area contributed by atoms with Gasteiger partial charge in [-0.1, -0.05) is 13.8 Å². The lowest BCUT2D eigenvalue weighted by molar-refractivity contribution is -0.131. The Balaban J connectivity index is 1.87. The van der Waals surface area contributed by atoms with Gasteiger partial charge in [0.05, 0.1) is 13.1 Å². The highest BCUT2D eigenvalue weighted by molar-refractivity contribution is 5.76. The van der Waals surface area contributed by atoms with E-state index >= 15 is 0 Å². The maximum absolute atomic E-state index is 12.1. The minimum absolute atomic E-state index is 0.261. The average Bonchev–Trinajstić information content (AvgIpc) is 2.82. The molecule has 4 nitrogen and oxygen atoms in total. The van der Waals surface area contributed by atoms with Crippen molar-refractivity contribution in [2.45, 2.75) is 52.6 Å². The van der Waals surface area contributed by atoms with Gasteiger partial charge in [0.2, 0.25) is 5.91 Å². The molecule has 0 spiro atoms. The predicted octanol–water partition coefficient (Wildman–Crippen LogP) is 2.93. The van der Waals surface area contributed by atoms with Gasteiger partial charge in [0.1, 0.15) is 11.5 Å². The van der Waals surface area contributed by atoms with Crippen LogP contribution in [0, 0.1) is 5.92 Å². The molecule has 1 fully saturated rings. The Morgan fingerprint density at radius 2 is 2.15 bits per heavy atom. The van der Waals surface area contributed by atoms with Gasteiger partial charge in [0, 0.05) is 13.0 Å². The fraction of sp³-hybridized carbons (Fsp3) is 0.688. The lowest BCUT2D eigenvalue weighted by Crippen LogP contribution is -2.29. The monoisotopic (exact) mass is 278 g/mol. The van der Waals surface area contributed by atoms with E-state index in [0.29, 0.717) is 18.9 Å². The van der Waals surface area contributed by atoms with Crippen LogP contribution in [0.3, 0.4) is 0 Å². The maximum atomic E-state index is 12.1. The fourth-order valence-electron chi connectivity index (χ4n) is 2.52. The van der Waals surface area contributed by atoms with Gasteiger partial charge in [-0.2, -0.15) is 0 Å². The smallest absolute Gasteiger partial charge is 0.222 e. The fourth-order valence-corrected chi connectivity index (χ4v) is 2.52. The normalized spacial score (nSPS) is 20.2. The quantitative estimate of drug-likeness (QED) is 0.814. The molecule has 112 valence electrons. The molecule has 1 N–H and O–H groups in total. The lowest BCUT2D eigenvalue weighted by Gasteiger charge is -2.19. The molecule has 0 radical (unpaired) electrons. The van der Waals surface area contributed by atoms with E-state index in [1.807, 2.05) is 17.0 Å². The van der Waals surface area contributed by atoms with E-state index in [9.17, 15) is 4.79 Å². The third-order valence-electron chi connectivity index (χ3n) is 3.89. The second-order valence-electron chi connectivity index (χ2n) is 5.79. The number of furan rings is 1. The summed E-state index contributed by atoms with van der Waals surface area (Å²) in [5, 5.41) is 3.32. The second kappa shape index (κ2) is 7.48. The molecule has 0 bridgehead atoms. The Morgan fingerprint density at radius 3 is 2.95 bits per heavy atom. The van der Waals surface area contributed by atoms with Gasteiger partial charge in [-0.25, -0.2) is 0 Å². The number of nitrogens with one attached hydrogen (secondary N) is 1. The molecule has 1 saturated heterocycles. The van der Waals surface area contributed by atoms with Crippen molar-refractivity contribution in [3.63, 3.8) is 0 Å². The lowest BCUT2D eigenvalue weighted by atomic mass is 10.0. The maximum Gasteiger partial charge on any atom is 0.222 e. The molecule has 2 heterocycles. The topological polar surface area (TPSA) is 45.5 Å². The molecule has 2 rings (SSSR count). The minimum Gasteiger partial charge on any atom is -0.463 e. The van der Waals surface area contributed by atoms with Crippen LogP contribution in [0.15, 0.2) is 16.5 Å². The van der Waals surface area contributed by atoms with Gasteiger partial charge >= 0.3 is 0 Å². The summed E-state index contributed by atoms with van der Waals surface area (Å²) in [7, 11) is 0. The Hall–Kier alpha value is -1.29. The van der Waals surface area contributed by atoms with E-state index in [1.165, 1.54) is 0 Å². The van der Waals surface area contributed by atoms with Crippen molar-refractivity contribution in [2.75, 3.05) is 13.1 Å². The molecule has 20 heavy (non-hydrogen) atoms. The highest BCUT2D eigenvalue weighted by Gasteiger charge is 2.21. The van der Waals surface area contributed by atoms with Gasteiger partial charge in [-0.05, 0) is 43.9 Å². The largest absolute Gasteiger partial charge is 0.463 e. The van der Waals surface area contributed by atoms with Gasteiger partial charge in [-0.3, -0.25) is 4.79 Å². The van der Waals surface area contributed by atoms with E-state index in [0.717, 1.165) is 50.4 Å². The molecule has 1 atom stereocenters. The van der Waals surface area contributed by atoms with Crippen LogP contribution in [0.2, 0.25) is 0 Å². The number of rotatable bonds is 6. The summed E-state index contributed by atoms with van der Waals surface area (Å²) in [6.07, 6.45) is 3.90. The first-order valence-electron chi connectivity index (χ1n) is 7.75. The van der Waals surface area contributed by atoms with Crippen LogP contribution in [0.4, 0.5) is 0 Å². The molecular formula is C16H26N2O2. The first kappa shape index (κ1) is 15.1. The van der Waals surface area contributed by atoms with Crippen LogP contribution in [0.1, 0.15) is 51.1 Å². The number of hydrogen-bond donors (Lipinski definition) is 1. The molecule has 1 aromatic rings. The van der Waals surface area contributed by atoms with Crippen molar-refractivity contribution in [2.24, 2.45) is 5.92 Å². The van der Waals surface area contributed by atoms with Gasteiger partial charge in [0.25, 0.3) is 0 Å². The first-order chi connectivity index (χ1) is 9.69. The highest BCUT2D eigenvalue weighted by atomic mass is 16.3. The average molecular weight is 278 g/mol. The number of carbonyl (C=O) groups excluding carboxylic acids is 1. The predicted molar refractivity (Wildman–Crippen MR) is 79.1 cm³/mol. The van der Waals surface area contributed by atoms with Crippen LogP contribution in [-0.4, -0.2) is 23.9 Å². The molecule has 1 unspecified atom stereocenters. The van der Waals surface area contributed by atoms with Crippen molar-refractivity contribution in [3.05, 3.63) is 23.7 Å². The molecule has 1 aliphatic rings. The zero-order valence-corrected chi connectivity index (χ0v) is 12.7. The molecule has 0 aliphatic carbocycles. The van der Waals surface area contributed by atoms with Crippen molar-refractivity contribution >= 4 is 5.91 Å². The van der Waals surface area contributed by atoms with E-state index in [4.69, 9.17) is 4.42 Å². The number of likely N-dealkylation sites (tertiary alicyclic amines) is 1. The van der Waals surface area contributed by atoms with Crippen molar-refractivity contribution < 1.29 is 9.21 Å². The first-order valence-corrected chi connectivity index (χ1v) is 7.75. The van der Waals surface area contributed by atoms with Crippen LogP contribution in [0.5, 0.6) is 0 Å². The summed E-state index contributed by atoms with van der Waals surface area (Å²) >= 11 is 0. The molecule has 1 aliphatic heterocycles. The Labute approximate surface area is 121 Å². The SMILES string of the molecule is CCCNCc1ccc(CN2CCC(C)CCC2=O)o1. The zero-order chi connectivity index (χ0) is 14.4. The Morgan fingerprint density at radius 1 is 1.35 bits per heavy atom. The van der Waals surface area contributed by atoms with Gasteiger partial charge < -0.3 is 14.6 Å². The second-order valence-corrected chi connectivity index (χ2v) is 5.79. The number of hydrogen-bond acceptors (Lipinski definition) is 3. The van der Waals surface area contributed by atoms with Crippen LogP contribution in [-0.2, 0) is 17.9 Å². The third kappa shape index (κ3) is 4.37. The standard InChI is InChI=1S/C16H26N2O2/c1-3-9-17-11-14-5-6-15(20-14)12-18-10-8-13(2)4-7-16(18)19/h5-6,13,17H,3-4,7-12H2,1-2H3. The van der Waals surface area contributed by atoms with E-state index in [-0.39, 0.29) is 5.91 Å². The third-order valence-corrected chi connectivity index (χ3v) is 3.89. The van der Waals surface area contributed by atoms with E-state index in [2.05, 4.69) is 19.2 Å². The summed E-state index contributed by atoms with van der Waals surface area (Å²) in [5.41, 5.74) is 0. The zero-order valence-electron chi connectivity index (χ0n) is 12.7. The summed E-state index contributed by atoms with van der Waals surface area (Å²) in [6, 6.07) is 3.99. The van der Waals surface area contributed by atoms with Crippen LogP contribution >= 0.6 is 0 Å². The molecule has 1 aromatic heterocycles. The van der Waals surface area contributed by atoms with E-state index < -0.39 is 0 Å². The summed E-state index contributed by atoms with van der Waals surface area (Å²) in [4.78, 5) is 14.0. The number of nitrogens with zero attached hydrogens (tertiary/aromatic N) is 1. The molecule has 1 amide bonds. The van der Waals surface area contributed by atoms with Gasteiger partial charge in [0.15, 0.2) is 0 Å². The van der Waals surface area contributed by atoms with Crippen LogP contribution < -0.4 is 5.32 Å². The minimum atomic E-state index is 0.261. The highest BCUT2D eigenvalue weighted by Crippen LogP contribution is 2.20. The number of amides is 1. The van der Waals surface area contributed by atoms with Crippen molar-refractivity contribution in [1.82, 2.24) is 10.2 Å². The van der Waals surface area contributed by atoms with Gasteiger partial charge in [-0.15, -0.1) is 0 Å². The summed E-state index contributed by atoms with van der Waals surface area (Å²) < 4.78 is 5.79. The molecule has 4 heteroatoms. The summed E-state index contributed by atoms with van der Waals surface area (Å²) in [5.74, 6) is 2.75. The molecule has 0 aromatic carbocycles. The van der Waals surface area contributed by atoms with Crippen LogP contribution in [0.25, 0.3) is 0 Å². The molecule has 0 saturated carbocycles. The van der Waals surface area contributed by atoms with Crippen molar-refractivity contribution in [3.8, 4) is 0 Å². The number of carbonyl (C=O) groups is 1.